The molecule has 176 valence electrons. The molecule has 0 aliphatic rings. The molecule has 0 aliphatic heterocycles. The van der Waals surface area contributed by atoms with Gasteiger partial charge in [-0.2, -0.15) is 13.2 Å². The molecule has 1 heterocycles. The smallest absolute Gasteiger partial charge is 0.346 e. The van der Waals surface area contributed by atoms with Gasteiger partial charge in [-0.1, -0.05) is 42.5 Å². The van der Waals surface area contributed by atoms with Gasteiger partial charge in [-0.3, -0.25) is 14.6 Å². The van der Waals surface area contributed by atoms with E-state index in [4.69, 9.17) is 0 Å². The van der Waals surface area contributed by atoms with E-state index in [-0.39, 0.29) is 18.0 Å². The van der Waals surface area contributed by atoms with Crippen molar-refractivity contribution < 1.29 is 22.8 Å². The van der Waals surface area contributed by atoms with E-state index in [0.29, 0.717) is 28.1 Å². The summed E-state index contributed by atoms with van der Waals surface area (Å²) in [6.45, 7) is 0.261. The molecule has 0 saturated heterocycles. The standard InChI is InChI=1S/C27H20F3N3O2/c28-27(29,30)20-13-11-18(12-14-20)23-9-1-2-10-24(23)26(35)33-21-8-5-6-19(16-21)25(34)32-17-22-7-3-4-15-31-22/h1-16H,17H2,(H,32,34)(H,33,35). The van der Waals surface area contributed by atoms with Crippen LogP contribution < -0.4 is 10.6 Å². The third-order valence-corrected chi connectivity index (χ3v) is 5.23. The highest BCUT2D eigenvalue weighted by Crippen LogP contribution is 2.32. The second-order valence-electron chi connectivity index (χ2n) is 7.66. The second-order valence-corrected chi connectivity index (χ2v) is 7.66. The number of rotatable bonds is 6. The zero-order chi connectivity index (χ0) is 24.8. The van der Waals surface area contributed by atoms with Gasteiger partial charge in [0.25, 0.3) is 11.8 Å². The number of aromatic nitrogens is 1. The molecule has 4 rings (SSSR count). The van der Waals surface area contributed by atoms with Gasteiger partial charge in [0.1, 0.15) is 0 Å². The molecular formula is C27H20F3N3O2. The Morgan fingerprint density at radius 3 is 2.26 bits per heavy atom. The summed E-state index contributed by atoms with van der Waals surface area (Å²) in [6.07, 6.45) is -2.80. The molecule has 2 amide bonds. The van der Waals surface area contributed by atoms with Crippen molar-refractivity contribution in [3.05, 3.63) is 120 Å². The van der Waals surface area contributed by atoms with Gasteiger partial charge < -0.3 is 10.6 Å². The van der Waals surface area contributed by atoms with Gasteiger partial charge in [0.15, 0.2) is 0 Å². The highest BCUT2D eigenvalue weighted by Gasteiger charge is 2.30. The normalized spacial score (nSPS) is 11.1. The van der Waals surface area contributed by atoms with E-state index in [1.165, 1.54) is 12.1 Å². The van der Waals surface area contributed by atoms with Crippen LogP contribution >= 0.6 is 0 Å². The number of pyridine rings is 1. The van der Waals surface area contributed by atoms with Crippen LogP contribution in [-0.4, -0.2) is 16.8 Å². The SMILES string of the molecule is O=C(NCc1ccccn1)c1cccc(NC(=O)c2ccccc2-c2ccc(C(F)(F)F)cc2)c1. The molecule has 4 aromatic rings. The van der Waals surface area contributed by atoms with Gasteiger partial charge in [0.05, 0.1) is 17.8 Å². The Morgan fingerprint density at radius 1 is 0.800 bits per heavy atom. The number of benzene rings is 3. The molecule has 0 unspecified atom stereocenters. The van der Waals surface area contributed by atoms with Crippen LogP contribution in [0.1, 0.15) is 32.0 Å². The van der Waals surface area contributed by atoms with Gasteiger partial charge in [-0.15, -0.1) is 0 Å². The summed E-state index contributed by atoms with van der Waals surface area (Å²) in [5.74, 6) is -0.775. The average molecular weight is 475 g/mol. The highest BCUT2D eigenvalue weighted by atomic mass is 19.4. The number of hydrogen-bond donors (Lipinski definition) is 2. The van der Waals surface area contributed by atoms with Gasteiger partial charge in [0, 0.05) is 23.0 Å². The maximum Gasteiger partial charge on any atom is 0.416 e. The van der Waals surface area contributed by atoms with Crippen molar-refractivity contribution in [2.75, 3.05) is 5.32 Å². The number of anilines is 1. The molecule has 5 nitrogen and oxygen atoms in total. The predicted molar refractivity (Wildman–Crippen MR) is 127 cm³/mol. The lowest BCUT2D eigenvalue weighted by Crippen LogP contribution is -2.23. The maximum atomic E-state index is 13.0. The first-order valence-corrected chi connectivity index (χ1v) is 10.7. The van der Waals surface area contributed by atoms with Crippen molar-refractivity contribution in [3.63, 3.8) is 0 Å². The molecular weight excluding hydrogens is 455 g/mol. The zero-order valence-corrected chi connectivity index (χ0v) is 18.3. The van der Waals surface area contributed by atoms with E-state index in [0.717, 1.165) is 12.1 Å². The molecule has 35 heavy (non-hydrogen) atoms. The fourth-order valence-electron chi connectivity index (χ4n) is 3.48. The fraction of sp³-hybridized carbons (Fsp3) is 0.0741. The first-order valence-electron chi connectivity index (χ1n) is 10.7. The Morgan fingerprint density at radius 2 is 1.54 bits per heavy atom. The molecule has 0 saturated carbocycles. The molecule has 0 fully saturated rings. The van der Waals surface area contributed by atoms with Crippen molar-refractivity contribution >= 4 is 17.5 Å². The summed E-state index contributed by atoms with van der Waals surface area (Å²) >= 11 is 0. The minimum atomic E-state index is -4.44. The van der Waals surface area contributed by atoms with Crippen LogP contribution in [0.4, 0.5) is 18.9 Å². The molecule has 0 aliphatic carbocycles. The Bertz CT molecular complexity index is 1340. The van der Waals surface area contributed by atoms with E-state index in [9.17, 15) is 22.8 Å². The van der Waals surface area contributed by atoms with Gasteiger partial charge in [0.2, 0.25) is 0 Å². The second kappa shape index (κ2) is 10.2. The molecule has 0 atom stereocenters. The number of nitrogens with one attached hydrogen (secondary N) is 2. The van der Waals surface area contributed by atoms with E-state index in [1.807, 2.05) is 6.07 Å². The largest absolute Gasteiger partial charge is 0.416 e. The van der Waals surface area contributed by atoms with Gasteiger partial charge in [-0.25, -0.2) is 0 Å². The quantitative estimate of drug-likeness (QED) is 0.362. The third kappa shape index (κ3) is 5.92. The monoisotopic (exact) mass is 475 g/mol. The lowest BCUT2D eigenvalue weighted by Gasteiger charge is -2.12. The summed E-state index contributed by atoms with van der Waals surface area (Å²) < 4.78 is 38.7. The summed E-state index contributed by atoms with van der Waals surface area (Å²) in [7, 11) is 0. The van der Waals surface area contributed by atoms with Gasteiger partial charge in [-0.05, 0) is 59.7 Å². The molecule has 0 bridgehead atoms. The first kappa shape index (κ1) is 23.7. The topological polar surface area (TPSA) is 71.1 Å². The highest BCUT2D eigenvalue weighted by molar-refractivity contribution is 6.09. The number of alkyl halides is 3. The predicted octanol–water partition coefficient (Wildman–Crippen LogP) is 5.95. The first-order chi connectivity index (χ1) is 16.8. The van der Waals surface area contributed by atoms with Crippen LogP contribution in [0.3, 0.4) is 0 Å². The summed E-state index contributed by atoms with van der Waals surface area (Å²) in [4.78, 5) is 29.7. The van der Waals surface area contributed by atoms with Crippen molar-refractivity contribution in [3.8, 4) is 11.1 Å². The van der Waals surface area contributed by atoms with E-state index >= 15 is 0 Å². The maximum absolute atomic E-state index is 13.0. The number of amides is 2. The van der Waals surface area contributed by atoms with Crippen LogP contribution in [0, 0.1) is 0 Å². The number of carbonyl (C=O) groups is 2. The van der Waals surface area contributed by atoms with Crippen molar-refractivity contribution in [2.45, 2.75) is 12.7 Å². The van der Waals surface area contributed by atoms with Gasteiger partial charge >= 0.3 is 6.18 Å². The Labute approximate surface area is 199 Å². The van der Waals surface area contributed by atoms with Crippen molar-refractivity contribution in [2.24, 2.45) is 0 Å². The Kier molecular flexibility index (Phi) is 6.91. The Balaban J connectivity index is 1.49. The average Bonchev–Trinajstić information content (AvgIpc) is 2.87. The van der Waals surface area contributed by atoms with Crippen LogP contribution in [0.25, 0.3) is 11.1 Å². The van der Waals surface area contributed by atoms with E-state index < -0.39 is 17.6 Å². The number of nitrogens with zero attached hydrogens (tertiary/aromatic N) is 1. The summed E-state index contributed by atoms with van der Waals surface area (Å²) in [5, 5.41) is 5.54. The van der Waals surface area contributed by atoms with Crippen LogP contribution in [-0.2, 0) is 12.7 Å². The minimum absolute atomic E-state index is 0.261. The number of hydrogen-bond acceptors (Lipinski definition) is 3. The van der Waals surface area contributed by atoms with Crippen LogP contribution in [0.2, 0.25) is 0 Å². The molecule has 3 aromatic carbocycles. The molecule has 8 heteroatoms. The summed E-state index contributed by atoms with van der Waals surface area (Å²) in [6, 6.07) is 23.1. The third-order valence-electron chi connectivity index (χ3n) is 5.23. The molecule has 1 aromatic heterocycles. The van der Waals surface area contributed by atoms with E-state index in [1.54, 1.807) is 66.9 Å². The minimum Gasteiger partial charge on any atom is -0.346 e. The zero-order valence-electron chi connectivity index (χ0n) is 18.3. The van der Waals surface area contributed by atoms with E-state index in [2.05, 4.69) is 15.6 Å². The Hall–Kier alpha value is -4.46. The fourth-order valence-corrected chi connectivity index (χ4v) is 3.48. The lowest BCUT2D eigenvalue weighted by atomic mass is 9.98. The number of halogens is 3. The molecule has 0 radical (unpaired) electrons. The van der Waals surface area contributed by atoms with Crippen LogP contribution in [0.15, 0.2) is 97.2 Å². The molecule has 0 spiro atoms. The summed E-state index contributed by atoms with van der Waals surface area (Å²) in [5.41, 5.74) is 1.97. The molecule has 2 N–H and O–H groups in total. The number of carbonyl (C=O) groups excluding carboxylic acids is 2. The van der Waals surface area contributed by atoms with Crippen LogP contribution in [0.5, 0.6) is 0 Å². The van der Waals surface area contributed by atoms with Crippen molar-refractivity contribution in [1.29, 1.82) is 0 Å². The van der Waals surface area contributed by atoms with Crippen molar-refractivity contribution in [1.82, 2.24) is 10.3 Å². The lowest BCUT2D eigenvalue weighted by molar-refractivity contribution is -0.137.